The van der Waals surface area contributed by atoms with Crippen molar-refractivity contribution >= 4 is 11.3 Å². The number of nitrogens with zero attached hydrogens (tertiary/aromatic N) is 2. The van der Waals surface area contributed by atoms with Gasteiger partial charge in [0, 0.05) is 47.6 Å². The summed E-state index contributed by atoms with van der Waals surface area (Å²) in [5, 5.41) is 16.4. The molecule has 2 heterocycles. The summed E-state index contributed by atoms with van der Waals surface area (Å²) in [6.07, 6.45) is 2.80. The molecule has 0 amide bonds. The number of pyridine rings is 1. The number of thiazole rings is 1. The molecule has 0 aliphatic rings. The van der Waals surface area contributed by atoms with E-state index in [4.69, 9.17) is 9.72 Å². The van der Waals surface area contributed by atoms with Crippen LogP contribution in [0, 0.1) is 6.92 Å². The number of aliphatic hydroxyl groups excluding tert-OH is 1. The Morgan fingerprint density at radius 3 is 2.55 bits per heavy atom. The molecule has 2 N–H and O–H groups in total. The Bertz CT molecular complexity index is 1080. The summed E-state index contributed by atoms with van der Waals surface area (Å²) in [4.78, 5) is 8.80. The standard InChI is InChI=1S/C25H25N3O2S/c1-18-4-6-19(7-5-18)23-17-31-25(28-23)20-8-10-22(11-9-20)30-14-13-27-16-24(29)21-3-2-12-26-15-21/h2-12,15,17,24,27,29H,13-14,16H2,1H3/t24-/m0/s1. The average Bonchev–Trinajstić information content (AvgIpc) is 3.30. The highest BCUT2D eigenvalue weighted by Crippen LogP contribution is 2.30. The fraction of sp³-hybridized carbons (Fsp3) is 0.200. The fourth-order valence-electron chi connectivity index (χ4n) is 3.13. The molecule has 2 aromatic heterocycles. The summed E-state index contributed by atoms with van der Waals surface area (Å²) in [6, 6.07) is 20.1. The monoisotopic (exact) mass is 431 g/mol. The maximum Gasteiger partial charge on any atom is 0.124 e. The van der Waals surface area contributed by atoms with Crippen molar-refractivity contribution in [2.24, 2.45) is 0 Å². The summed E-state index contributed by atoms with van der Waals surface area (Å²) in [6.45, 7) is 3.71. The van der Waals surface area contributed by atoms with Crippen LogP contribution in [-0.2, 0) is 0 Å². The second-order valence-corrected chi connectivity index (χ2v) is 8.14. The molecule has 1 atom stereocenters. The summed E-state index contributed by atoms with van der Waals surface area (Å²) in [5.74, 6) is 0.814. The van der Waals surface area contributed by atoms with Crippen molar-refractivity contribution in [2.45, 2.75) is 13.0 Å². The number of benzene rings is 2. The minimum atomic E-state index is -0.573. The van der Waals surface area contributed by atoms with Gasteiger partial charge in [0.1, 0.15) is 17.4 Å². The van der Waals surface area contributed by atoms with E-state index in [0.29, 0.717) is 19.7 Å². The van der Waals surface area contributed by atoms with Crippen molar-refractivity contribution in [3.05, 3.63) is 89.6 Å². The molecule has 0 aliphatic heterocycles. The normalized spacial score (nSPS) is 11.9. The summed E-state index contributed by atoms with van der Waals surface area (Å²) < 4.78 is 5.80. The lowest BCUT2D eigenvalue weighted by Crippen LogP contribution is -2.26. The van der Waals surface area contributed by atoms with E-state index in [0.717, 1.165) is 33.1 Å². The van der Waals surface area contributed by atoms with E-state index >= 15 is 0 Å². The number of hydrogen-bond acceptors (Lipinski definition) is 6. The molecule has 158 valence electrons. The molecule has 2 aromatic carbocycles. The van der Waals surface area contributed by atoms with Crippen LogP contribution < -0.4 is 10.1 Å². The van der Waals surface area contributed by atoms with Crippen molar-refractivity contribution in [2.75, 3.05) is 19.7 Å². The minimum Gasteiger partial charge on any atom is -0.492 e. The van der Waals surface area contributed by atoms with Crippen molar-refractivity contribution in [1.29, 1.82) is 0 Å². The smallest absolute Gasteiger partial charge is 0.124 e. The van der Waals surface area contributed by atoms with E-state index in [9.17, 15) is 5.11 Å². The van der Waals surface area contributed by atoms with Crippen LogP contribution in [0.25, 0.3) is 21.8 Å². The van der Waals surface area contributed by atoms with Crippen molar-refractivity contribution in [3.8, 4) is 27.6 Å². The van der Waals surface area contributed by atoms with Crippen LogP contribution in [0.15, 0.2) is 78.4 Å². The predicted molar refractivity (Wildman–Crippen MR) is 125 cm³/mol. The maximum atomic E-state index is 10.1. The number of rotatable bonds is 9. The van der Waals surface area contributed by atoms with Crippen LogP contribution in [0.4, 0.5) is 0 Å². The molecule has 0 bridgehead atoms. The predicted octanol–water partition coefficient (Wildman–Crippen LogP) is 4.88. The first-order valence-electron chi connectivity index (χ1n) is 10.2. The highest BCUT2D eigenvalue weighted by molar-refractivity contribution is 7.13. The highest BCUT2D eigenvalue weighted by Gasteiger charge is 2.08. The third-order valence-electron chi connectivity index (χ3n) is 4.91. The molecule has 5 nitrogen and oxygen atoms in total. The quantitative estimate of drug-likeness (QED) is 0.370. The first-order chi connectivity index (χ1) is 15.2. The number of aryl methyl sites for hydroxylation is 1. The Balaban J connectivity index is 1.25. The number of nitrogens with one attached hydrogen (secondary N) is 1. The topological polar surface area (TPSA) is 67.3 Å². The Kier molecular flexibility index (Phi) is 7.04. The zero-order chi connectivity index (χ0) is 21.5. The van der Waals surface area contributed by atoms with Gasteiger partial charge >= 0.3 is 0 Å². The molecule has 4 aromatic rings. The summed E-state index contributed by atoms with van der Waals surface area (Å²) in [5.41, 5.74) is 5.26. The zero-order valence-corrected chi connectivity index (χ0v) is 18.2. The Labute approximate surface area is 186 Å². The lowest BCUT2D eigenvalue weighted by molar-refractivity contribution is 0.171. The lowest BCUT2D eigenvalue weighted by Gasteiger charge is -2.12. The highest BCUT2D eigenvalue weighted by atomic mass is 32.1. The molecule has 6 heteroatoms. The van der Waals surface area contributed by atoms with Gasteiger partial charge < -0.3 is 15.2 Å². The Morgan fingerprint density at radius 2 is 1.81 bits per heavy atom. The lowest BCUT2D eigenvalue weighted by atomic mass is 10.1. The molecule has 0 fully saturated rings. The first kappa shape index (κ1) is 21.2. The third-order valence-corrected chi connectivity index (χ3v) is 5.80. The summed E-state index contributed by atoms with van der Waals surface area (Å²) >= 11 is 1.64. The molecule has 0 radical (unpaired) electrons. The molecular weight excluding hydrogens is 406 g/mol. The largest absolute Gasteiger partial charge is 0.492 e. The van der Waals surface area contributed by atoms with Gasteiger partial charge in [-0.1, -0.05) is 35.9 Å². The second-order valence-electron chi connectivity index (χ2n) is 7.28. The molecule has 31 heavy (non-hydrogen) atoms. The Hall–Kier alpha value is -3.06. The number of aliphatic hydroxyl groups is 1. The van der Waals surface area contributed by atoms with E-state index in [1.54, 1.807) is 23.7 Å². The zero-order valence-electron chi connectivity index (χ0n) is 17.4. The minimum absolute atomic E-state index is 0.460. The van der Waals surface area contributed by atoms with Crippen molar-refractivity contribution < 1.29 is 9.84 Å². The van der Waals surface area contributed by atoms with E-state index in [1.807, 2.05) is 36.4 Å². The maximum absolute atomic E-state index is 10.1. The van der Waals surface area contributed by atoms with Gasteiger partial charge in [0.15, 0.2) is 0 Å². The van der Waals surface area contributed by atoms with Gasteiger partial charge in [-0.3, -0.25) is 4.98 Å². The molecule has 0 unspecified atom stereocenters. The van der Waals surface area contributed by atoms with E-state index in [-0.39, 0.29) is 0 Å². The van der Waals surface area contributed by atoms with Crippen LogP contribution in [-0.4, -0.2) is 34.8 Å². The van der Waals surface area contributed by atoms with Gasteiger partial charge in [0.25, 0.3) is 0 Å². The molecular formula is C25H25N3O2S. The van der Waals surface area contributed by atoms with Crippen LogP contribution >= 0.6 is 11.3 Å². The first-order valence-corrected chi connectivity index (χ1v) is 11.1. The molecule has 0 aliphatic carbocycles. The number of hydrogen-bond donors (Lipinski definition) is 2. The van der Waals surface area contributed by atoms with E-state index in [2.05, 4.69) is 46.9 Å². The van der Waals surface area contributed by atoms with Gasteiger partial charge in [-0.25, -0.2) is 4.98 Å². The fourth-order valence-corrected chi connectivity index (χ4v) is 3.96. The van der Waals surface area contributed by atoms with Crippen molar-refractivity contribution in [1.82, 2.24) is 15.3 Å². The van der Waals surface area contributed by atoms with Gasteiger partial charge in [0.2, 0.25) is 0 Å². The van der Waals surface area contributed by atoms with Crippen molar-refractivity contribution in [3.63, 3.8) is 0 Å². The van der Waals surface area contributed by atoms with E-state index in [1.165, 1.54) is 5.56 Å². The van der Waals surface area contributed by atoms with Gasteiger partial charge in [0.05, 0.1) is 11.8 Å². The SMILES string of the molecule is Cc1ccc(-c2csc(-c3ccc(OCCNC[C@H](O)c4cccnc4)cc3)n2)cc1. The van der Waals surface area contributed by atoms with Crippen LogP contribution in [0.5, 0.6) is 5.75 Å². The van der Waals surface area contributed by atoms with Gasteiger partial charge in [-0.2, -0.15) is 0 Å². The average molecular weight is 432 g/mol. The molecule has 0 saturated heterocycles. The van der Waals surface area contributed by atoms with Crippen LogP contribution in [0.3, 0.4) is 0 Å². The molecule has 0 spiro atoms. The van der Waals surface area contributed by atoms with E-state index < -0.39 is 6.10 Å². The van der Waals surface area contributed by atoms with Gasteiger partial charge in [-0.05, 0) is 37.3 Å². The number of ether oxygens (including phenoxy) is 1. The van der Waals surface area contributed by atoms with Gasteiger partial charge in [-0.15, -0.1) is 11.3 Å². The Morgan fingerprint density at radius 1 is 1.03 bits per heavy atom. The second kappa shape index (κ2) is 10.3. The third kappa shape index (κ3) is 5.76. The molecule has 0 saturated carbocycles. The summed E-state index contributed by atoms with van der Waals surface area (Å²) in [7, 11) is 0. The van der Waals surface area contributed by atoms with Crippen LogP contribution in [0.1, 0.15) is 17.2 Å². The van der Waals surface area contributed by atoms with Crippen LogP contribution in [0.2, 0.25) is 0 Å². The molecule has 4 rings (SSSR count). The number of aromatic nitrogens is 2.